The quantitative estimate of drug-likeness (QED) is 0.0681. The van der Waals surface area contributed by atoms with Gasteiger partial charge in [-0.25, -0.2) is 19.6 Å². The first-order valence-corrected chi connectivity index (χ1v) is 20.2. The van der Waals surface area contributed by atoms with Gasteiger partial charge < -0.3 is 40.7 Å². The van der Waals surface area contributed by atoms with Gasteiger partial charge in [-0.2, -0.15) is 0 Å². The van der Waals surface area contributed by atoms with Crippen molar-refractivity contribution in [3.8, 4) is 33.6 Å². The third kappa shape index (κ3) is 10.7. The molecule has 14 heteroatoms. The van der Waals surface area contributed by atoms with E-state index in [0.29, 0.717) is 11.6 Å². The number of amides is 4. The molecule has 0 radical (unpaired) electrons. The zero-order valence-electron chi connectivity index (χ0n) is 36.7. The monoisotopic (exact) mass is 820 g/mol. The van der Waals surface area contributed by atoms with Crippen LogP contribution in [0.1, 0.15) is 93.0 Å². The van der Waals surface area contributed by atoms with Crippen molar-refractivity contribution in [2.24, 2.45) is 22.7 Å². The van der Waals surface area contributed by atoms with Crippen LogP contribution in [0.4, 0.5) is 9.59 Å². The number of nitrogens with zero attached hydrogens (tertiary/aromatic N) is 2. The molecule has 5 rings (SSSR count). The van der Waals surface area contributed by atoms with E-state index < -0.39 is 47.2 Å². The molecule has 3 aromatic carbocycles. The molecule has 0 unspecified atom stereocenters. The first-order chi connectivity index (χ1) is 28.2. The van der Waals surface area contributed by atoms with Gasteiger partial charge in [-0.15, -0.1) is 0 Å². The van der Waals surface area contributed by atoms with Gasteiger partial charge in [0.25, 0.3) is 0 Å². The number of alkyl carbamates (subject to hydrolysis) is 2. The molecule has 4 amide bonds. The molecule has 6 N–H and O–H groups in total. The highest BCUT2D eigenvalue weighted by atomic mass is 16.5. The molecular weight excluding hydrogens is 761 g/mol. The van der Waals surface area contributed by atoms with Gasteiger partial charge in [0.1, 0.15) is 23.7 Å². The molecule has 0 spiro atoms. The van der Waals surface area contributed by atoms with Gasteiger partial charge >= 0.3 is 12.2 Å². The lowest BCUT2D eigenvalue weighted by Gasteiger charge is -2.32. The smallest absolute Gasteiger partial charge is 0.407 e. The van der Waals surface area contributed by atoms with Gasteiger partial charge in [-0.1, -0.05) is 118 Å². The van der Waals surface area contributed by atoms with Crippen molar-refractivity contribution in [2.45, 2.75) is 93.4 Å². The minimum Gasteiger partial charge on any atom is -0.453 e. The van der Waals surface area contributed by atoms with Crippen molar-refractivity contribution in [1.29, 1.82) is 0 Å². The molecule has 0 saturated heterocycles. The number of ether oxygens (including phenoxy) is 2. The number of methoxy groups -OCH3 is 2. The number of hydrogen-bond acceptors (Lipinski definition) is 8. The van der Waals surface area contributed by atoms with Crippen molar-refractivity contribution in [2.75, 3.05) is 14.2 Å². The highest BCUT2D eigenvalue weighted by Gasteiger charge is 2.35. The summed E-state index contributed by atoms with van der Waals surface area (Å²) in [5, 5.41) is 13.6. The molecule has 2 heterocycles. The maximum absolute atomic E-state index is 13.4. The van der Waals surface area contributed by atoms with E-state index in [9.17, 15) is 19.2 Å². The lowest BCUT2D eigenvalue weighted by molar-refractivity contribution is -0.126. The number of aromatic nitrogens is 4. The van der Waals surface area contributed by atoms with Crippen LogP contribution in [-0.2, 0) is 19.1 Å². The van der Waals surface area contributed by atoms with Crippen LogP contribution in [0.3, 0.4) is 0 Å². The first kappa shape index (κ1) is 44.9. The molecule has 2 aromatic heterocycles. The van der Waals surface area contributed by atoms with Crippen LogP contribution in [0.2, 0.25) is 0 Å². The molecule has 0 aliphatic rings. The maximum atomic E-state index is 13.4. The molecule has 0 aliphatic heterocycles. The Balaban J connectivity index is 1.31. The van der Waals surface area contributed by atoms with E-state index in [1.165, 1.54) is 14.2 Å². The van der Waals surface area contributed by atoms with E-state index in [0.717, 1.165) is 44.4 Å². The second-order valence-electron chi connectivity index (χ2n) is 18.0. The minimum atomic E-state index is -0.776. The summed E-state index contributed by atoms with van der Waals surface area (Å²) in [7, 11) is 2.54. The summed E-state index contributed by atoms with van der Waals surface area (Å²) >= 11 is 0. The van der Waals surface area contributed by atoms with Gasteiger partial charge in [0, 0.05) is 5.56 Å². The van der Waals surface area contributed by atoms with Crippen molar-refractivity contribution < 1.29 is 28.7 Å². The molecule has 0 fully saturated rings. The zero-order chi connectivity index (χ0) is 44.1. The van der Waals surface area contributed by atoms with Gasteiger partial charge in [-0.05, 0) is 62.3 Å². The number of carbonyl (C=O) groups excluding carboxylic acids is 4. The summed E-state index contributed by atoms with van der Waals surface area (Å²) in [6.07, 6.45) is 2.22. The highest BCUT2D eigenvalue weighted by Crippen LogP contribution is 2.35. The number of rotatable bonds is 13. The van der Waals surface area contributed by atoms with Crippen LogP contribution < -0.4 is 21.3 Å². The normalized spacial score (nSPS) is 14.0. The summed E-state index contributed by atoms with van der Waals surface area (Å²) in [6.45, 7) is 19.6. The average molecular weight is 821 g/mol. The Hall–Kier alpha value is -6.18. The molecule has 320 valence electrons. The lowest BCUT2D eigenvalue weighted by atomic mass is 9.85. The van der Waals surface area contributed by atoms with E-state index in [2.05, 4.69) is 83.7 Å². The summed E-state index contributed by atoms with van der Waals surface area (Å²) in [4.78, 5) is 66.9. The zero-order valence-corrected chi connectivity index (χ0v) is 36.7. The van der Waals surface area contributed by atoms with E-state index in [-0.39, 0.29) is 23.7 Å². The summed E-state index contributed by atoms with van der Waals surface area (Å²) < 4.78 is 9.48. The Bertz CT molecular complexity index is 2300. The molecule has 5 aromatic rings. The topological polar surface area (TPSA) is 192 Å². The average Bonchev–Trinajstić information content (AvgIpc) is 3.89. The van der Waals surface area contributed by atoms with Gasteiger partial charge in [0.05, 0.1) is 50.1 Å². The molecule has 0 aliphatic carbocycles. The summed E-state index contributed by atoms with van der Waals surface area (Å²) in [6, 6.07) is 18.4. The predicted molar refractivity (Wildman–Crippen MR) is 234 cm³/mol. The van der Waals surface area contributed by atoms with Crippen LogP contribution in [-0.4, -0.2) is 70.2 Å². The number of imidazole rings is 2. The van der Waals surface area contributed by atoms with Crippen LogP contribution in [0, 0.1) is 22.7 Å². The second-order valence-corrected chi connectivity index (χ2v) is 18.0. The fourth-order valence-electron chi connectivity index (χ4n) is 6.99. The van der Waals surface area contributed by atoms with Crippen molar-refractivity contribution in [3.05, 3.63) is 84.7 Å². The number of benzene rings is 3. The highest BCUT2D eigenvalue weighted by molar-refractivity contribution is 5.91. The van der Waals surface area contributed by atoms with Crippen LogP contribution in [0.5, 0.6) is 0 Å². The number of carbonyl (C=O) groups is 4. The van der Waals surface area contributed by atoms with E-state index >= 15 is 0 Å². The van der Waals surface area contributed by atoms with Crippen molar-refractivity contribution >= 4 is 34.8 Å². The van der Waals surface area contributed by atoms with E-state index in [4.69, 9.17) is 9.47 Å². The fourth-order valence-corrected chi connectivity index (χ4v) is 6.99. The SMILES string of the molecule is COC(=O)N[C@@H](C(=O)N[C@H](c1ncc(-c2ccc(-c3ccc4cc(-c5cnc([C@@H](NC(=O)[C@H](NC(=O)OC)C(C)C)C(C)(C)C)[nH]5)ccc4c3)cc2)[nH]1)C(C)(C)C)C(C)C. The van der Waals surface area contributed by atoms with E-state index in [1.807, 2.05) is 87.4 Å². The molecule has 0 bridgehead atoms. The molecule has 0 saturated carbocycles. The van der Waals surface area contributed by atoms with Crippen LogP contribution >= 0.6 is 0 Å². The second kappa shape index (κ2) is 18.4. The maximum Gasteiger partial charge on any atom is 0.407 e. The molecular formula is C46H60N8O6. The van der Waals surface area contributed by atoms with Gasteiger partial charge in [0.15, 0.2) is 0 Å². The summed E-state index contributed by atoms with van der Waals surface area (Å²) in [5.74, 6) is 0.263. The number of H-pyrrole nitrogens is 2. The number of nitrogens with one attached hydrogen (secondary N) is 6. The number of hydrogen-bond donors (Lipinski definition) is 6. The van der Waals surface area contributed by atoms with Crippen molar-refractivity contribution in [3.63, 3.8) is 0 Å². The van der Waals surface area contributed by atoms with Gasteiger partial charge in [0.2, 0.25) is 11.8 Å². The third-order valence-corrected chi connectivity index (χ3v) is 10.5. The first-order valence-electron chi connectivity index (χ1n) is 20.2. The van der Waals surface area contributed by atoms with Crippen LogP contribution in [0.25, 0.3) is 44.4 Å². The Kier molecular flexibility index (Phi) is 13.8. The third-order valence-electron chi connectivity index (χ3n) is 10.5. The number of fused-ring (bicyclic) bond motifs is 1. The standard InChI is InChI=1S/C46H60N8O6/c1-25(2)35(51-43(57)59-11)41(55)53-37(45(5,6)7)39-47-23-33(49-39)28-15-13-27(14-16-28)29-17-18-31-22-32(20-19-30(31)21-29)34-24-48-40(50-34)38(46(8,9)10)54-42(56)36(26(3)4)52-44(58)60-12/h13-26,35-38H,1-12H3,(H,47,49)(H,48,50)(H,51,57)(H,52,58)(H,53,55)(H,54,56)/t35-,36-,37-,38-/m1/s1. The minimum absolute atomic E-state index is 0.161. The largest absolute Gasteiger partial charge is 0.453 e. The lowest BCUT2D eigenvalue weighted by Crippen LogP contribution is -2.52. The molecule has 14 nitrogen and oxygen atoms in total. The summed E-state index contributed by atoms with van der Waals surface area (Å²) in [5.41, 5.74) is 4.86. The molecule has 60 heavy (non-hydrogen) atoms. The Morgan fingerprint density at radius 2 is 0.900 bits per heavy atom. The van der Waals surface area contributed by atoms with E-state index in [1.54, 1.807) is 12.4 Å². The fraction of sp³-hybridized carbons (Fsp3) is 0.435. The number of aromatic amines is 2. The molecule has 4 atom stereocenters. The predicted octanol–water partition coefficient (Wildman–Crippen LogP) is 8.46. The van der Waals surface area contributed by atoms with Crippen molar-refractivity contribution in [1.82, 2.24) is 41.2 Å². The Labute approximate surface area is 352 Å². The Morgan fingerprint density at radius 1 is 0.533 bits per heavy atom. The van der Waals surface area contributed by atoms with Gasteiger partial charge in [-0.3, -0.25) is 9.59 Å². The van der Waals surface area contributed by atoms with Crippen LogP contribution in [0.15, 0.2) is 73.1 Å². The Morgan fingerprint density at radius 3 is 1.30 bits per heavy atom.